The molecule has 0 radical (unpaired) electrons. The molecule has 0 spiro atoms. The second-order valence-corrected chi connectivity index (χ2v) is 16.1. The summed E-state index contributed by atoms with van der Waals surface area (Å²) in [4.78, 5) is 37.3. The lowest BCUT2D eigenvalue weighted by Gasteiger charge is -2.32. The monoisotopic (exact) mass is 818 g/mol. The molecule has 2 aliphatic carbocycles. The van der Waals surface area contributed by atoms with E-state index in [1.54, 1.807) is 0 Å². The largest absolute Gasteiger partial charge is 0.512 e. The molecule has 4 rings (SSSR count). The molecule has 0 aliphatic heterocycles. The van der Waals surface area contributed by atoms with Crippen molar-refractivity contribution >= 4 is 23.4 Å². The predicted molar refractivity (Wildman–Crippen MR) is 226 cm³/mol. The highest BCUT2D eigenvalue weighted by Crippen LogP contribution is 2.44. The summed E-state index contributed by atoms with van der Waals surface area (Å²) < 4.78 is 43.9. The van der Waals surface area contributed by atoms with E-state index in [0.29, 0.717) is 77.9 Å². The Morgan fingerprint density at radius 3 is 1.31 bits per heavy atom. The van der Waals surface area contributed by atoms with Crippen LogP contribution in [0.15, 0.2) is 80.2 Å². The van der Waals surface area contributed by atoms with Crippen LogP contribution in [0.5, 0.6) is 46.0 Å². The fraction of sp³-hybridized carbons (Fsp3) is 0.467. The summed E-state index contributed by atoms with van der Waals surface area (Å²) in [6.07, 6.45) is 5.92. The number of ether oxygens (including phenoxy) is 8. The summed E-state index contributed by atoms with van der Waals surface area (Å²) in [7, 11) is 8.81. The van der Waals surface area contributed by atoms with Gasteiger partial charge in [0.15, 0.2) is 23.0 Å². The molecule has 0 saturated carbocycles. The lowest BCUT2D eigenvalue weighted by atomic mass is 9.74. The first kappa shape index (κ1) is 45.8. The van der Waals surface area contributed by atoms with Gasteiger partial charge in [0, 0.05) is 35.7 Å². The van der Waals surface area contributed by atoms with Crippen molar-refractivity contribution < 1.29 is 57.7 Å². The Hall–Kier alpha value is -5.92. The number of esters is 2. The number of hydrogen-bond acceptors (Lipinski definition) is 14. The van der Waals surface area contributed by atoms with Gasteiger partial charge in [-0.15, -0.1) is 0 Å². The molecule has 1 atom stereocenters. The predicted octanol–water partition coefficient (Wildman–Crippen LogP) is 8.68. The van der Waals surface area contributed by atoms with Crippen LogP contribution >= 0.6 is 0 Å². The number of aliphatic hydroxyl groups excluding tert-OH is 2. The van der Waals surface area contributed by atoms with Crippen molar-refractivity contribution in [3.8, 4) is 46.0 Å². The highest BCUT2D eigenvalue weighted by Gasteiger charge is 2.34. The minimum absolute atomic E-state index is 0.0426. The highest BCUT2D eigenvalue weighted by molar-refractivity contribution is 6.04. The van der Waals surface area contributed by atoms with Crippen molar-refractivity contribution in [1.29, 1.82) is 0 Å². The summed E-state index contributed by atoms with van der Waals surface area (Å²) in [6, 6.07) is 5.77. The standard InChI is InChI=1S/C45H58N2O12/c1-25(47-31-15-29(21-45(6,7)23-31)39(27(3)49)43(51)59-33-18-36(54-10)41(57-13)37(19-33)55-11)24-46-30-14-28(20-44(4,5)22-30)38(26(2)48)42(50)58-32-16-34(52-8)40(56-12)35(17-32)53-9/h14-19,25,48-49H,20-24H2,1-13H3. The quantitative estimate of drug-likeness (QED) is 0.0759. The summed E-state index contributed by atoms with van der Waals surface area (Å²) in [5.41, 5.74) is 2.18. The van der Waals surface area contributed by atoms with E-state index in [2.05, 4.69) is 27.7 Å². The molecule has 0 bridgehead atoms. The lowest BCUT2D eigenvalue weighted by molar-refractivity contribution is -0.131. The van der Waals surface area contributed by atoms with Gasteiger partial charge in [0.05, 0.1) is 55.2 Å². The molecular weight excluding hydrogens is 760 g/mol. The van der Waals surface area contributed by atoms with Crippen LogP contribution in [0.25, 0.3) is 0 Å². The molecule has 2 aromatic carbocycles. The maximum atomic E-state index is 13.7. The smallest absolute Gasteiger partial charge is 0.347 e. The average molecular weight is 819 g/mol. The van der Waals surface area contributed by atoms with Crippen molar-refractivity contribution in [1.82, 2.24) is 0 Å². The third-order valence-electron chi connectivity index (χ3n) is 9.76. The van der Waals surface area contributed by atoms with Crippen LogP contribution in [0.2, 0.25) is 0 Å². The maximum absolute atomic E-state index is 13.7. The van der Waals surface area contributed by atoms with Crippen molar-refractivity contribution in [2.24, 2.45) is 20.8 Å². The highest BCUT2D eigenvalue weighted by atomic mass is 16.6. The zero-order valence-electron chi connectivity index (χ0n) is 36.4. The van der Waals surface area contributed by atoms with Crippen molar-refractivity contribution in [2.75, 3.05) is 49.2 Å². The Labute approximate surface area is 346 Å². The Morgan fingerprint density at radius 1 is 0.610 bits per heavy atom. The molecule has 2 N–H and O–H groups in total. The molecule has 1 unspecified atom stereocenters. The minimum atomic E-state index is -0.747. The molecule has 14 nitrogen and oxygen atoms in total. The van der Waals surface area contributed by atoms with Crippen LogP contribution in [0, 0.1) is 10.8 Å². The Bertz CT molecular complexity index is 2060. The molecule has 2 aliphatic rings. The molecule has 14 heteroatoms. The van der Waals surface area contributed by atoms with Gasteiger partial charge in [-0.2, -0.15) is 0 Å². The Morgan fingerprint density at radius 2 is 0.966 bits per heavy atom. The van der Waals surface area contributed by atoms with Crippen molar-refractivity contribution in [2.45, 2.75) is 80.2 Å². The molecule has 0 amide bonds. The van der Waals surface area contributed by atoms with Gasteiger partial charge in [-0.3, -0.25) is 9.98 Å². The topological polar surface area (TPSA) is 173 Å². The summed E-state index contributed by atoms with van der Waals surface area (Å²) in [5, 5.41) is 21.6. The van der Waals surface area contributed by atoms with Gasteiger partial charge < -0.3 is 48.1 Å². The van der Waals surface area contributed by atoms with Crippen molar-refractivity contribution in [3.63, 3.8) is 0 Å². The molecule has 0 heterocycles. The molecule has 320 valence electrons. The summed E-state index contributed by atoms with van der Waals surface area (Å²) in [6.45, 7) is 13.5. The van der Waals surface area contributed by atoms with Crippen LogP contribution in [-0.2, 0) is 9.59 Å². The second-order valence-electron chi connectivity index (χ2n) is 16.1. The van der Waals surface area contributed by atoms with Crippen LogP contribution in [0.4, 0.5) is 0 Å². The Kier molecular flexibility index (Phi) is 14.9. The van der Waals surface area contributed by atoms with E-state index in [0.717, 1.165) is 11.4 Å². The number of aliphatic imine (C=N–C) groups is 2. The van der Waals surface area contributed by atoms with Crippen LogP contribution in [-0.4, -0.2) is 88.8 Å². The number of rotatable bonds is 15. The molecular formula is C45H58N2O12. The first-order valence-electron chi connectivity index (χ1n) is 19.1. The number of aliphatic hydroxyl groups is 2. The molecule has 2 aromatic rings. The van der Waals surface area contributed by atoms with E-state index >= 15 is 0 Å². The summed E-state index contributed by atoms with van der Waals surface area (Å²) >= 11 is 0. The third-order valence-corrected chi connectivity index (χ3v) is 9.76. The number of hydrogen-bond donors (Lipinski definition) is 2. The van der Waals surface area contributed by atoms with Gasteiger partial charge in [0.25, 0.3) is 0 Å². The van der Waals surface area contributed by atoms with Gasteiger partial charge in [-0.05, 0) is 80.6 Å². The molecule has 0 aromatic heterocycles. The molecule has 0 saturated heterocycles. The lowest BCUT2D eigenvalue weighted by Crippen LogP contribution is -2.27. The number of carbonyl (C=O) groups excluding carboxylic acids is 2. The maximum Gasteiger partial charge on any atom is 0.347 e. The molecule has 59 heavy (non-hydrogen) atoms. The van der Waals surface area contributed by atoms with Crippen molar-refractivity contribution in [3.05, 3.63) is 70.2 Å². The van der Waals surface area contributed by atoms with Gasteiger partial charge in [0.2, 0.25) is 11.5 Å². The number of benzene rings is 2. The van der Waals surface area contributed by atoms with Crippen LogP contribution in [0.3, 0.4) is 0 Å². The van der Waals surface area contributed by atoms with E-state index in [1.165, 1.54) is 80.8 Å². The number of methoxy groups -OCH3 is 6. The first-order valence-corrected chi connectivity index (χ1v) is 19.1. The second kappa shape index (κ2) is 19.2. The average Bonchev–Trinajstić information content (AvgIpc) is 3.14. The van der Waals surface area contributed by atoms with Gasteiger partial charge in [-0.25, -0.2) is 9.59 Å². The van der Waals surface area contributed by atoms with E-state index in [-0.39, 0.29) is 51.0 Å². The molecule has 0 fully saturated rings. The van der Waals surface area contributed by atoms with Gasteiger partial charge in [-0.1, -0.05) is 27.7 Å². The van der Waals surface area contributed by atoms with Crippen LogP contribution in [0.1, 0.15) is 74.1 Å². The zero-order valence-corrected chi connectivity index (χ0v) is 36.4. The van der Waals surface area contributed by atoms with Crippen LogP contribution < -0.4 is 37.9 Å². The van der Waals surface area contributed by atoms with E-state index < -0.39 is 11.9 Å². The third kappa shape index (κ3) is 11.4. The first-order chi connectivity index (χ1) is 27.8. The minimum Gasteiger partial charge on any atom is -0.512 e. The Balaban J connectivity index is 1.60. The van der Waals surface area contributed by atoms with Gasteiger partial charge >= 0.3 is 11.9 Å². The number of carbonyl (C=O) groups is 2. The summed E-state index contributed by atoms with van der Waals surface area (Å²) in [5.74, 6) is 0.363. The SMILES string of the molecule is COc1cc(OC(=O)C(C2=CC(=NCC(C)N=C3C=C(C(C(=O)Oc4cc(OC)c(OC)c(OC)c4)=C(C)O)CC(C)(C)C3)CC(C)(C)C2)=C(C)O)cc(OC)c1OC. The number of allylic oxidation sites excluding steroid dienone is 4. The number of nitrogens with zero attached hydrogens (tertiary/aromatic N) is 2. The normalized spacial score (nSPS) is 18.7. The fourth-order valence-electron chi connectivity index (χ4n) is 7.39. The van der Waals surface area contributed by atoms with E-state index in [9.17, 15) is 19.8 Å². The van der Waals surface area contributed by atoms with E-state index in [1.807, 2.05) is 19.1 Å². The zero-order chi connectivity index (χ0) is 43.8. The van der Waals surface area contributed by atoms with Gasteiger partial charge in [0.1, 0.15) is 34.2 Å². The fourth-order valence-corrected chi connectivity index (χ4v) is 7.39. The van der Waals surface area contributed by atoms with E-state index in [4.69, 9.17) is 47.9 Å².